The zero-order valence-electron chi connectivity index (χ0n) is 12.1. The van der Waals surface area contributed by atoms with Crippen LogP contribution in [-0.4, -0.2) is 9.78 Å². The predicted molar refractivity (Wildman–Crippen MR) is 81.1 cm³/mol. The zero-order valence-corrected chi connectivity index (χ0v) is 12.1. The zero-order chi connectivity index (χ0) is 14.6. The van der Waals surface area contributed by atoms with E-state index in [1.54, 1.807) is 0 Å². The van der Waals surface area contributed by atoms with E-state index in [-0.39, 0.29) is 5.63 Å². The summed E-state index contributed by atoms with van der Waals surface area (Å²) < 4.78 is 7.35. The van der Waals surface area contributed by atoms with Gasteiger partial charge in [-0.05, 0) is 62.4 Å². The quantitative estimate of drug-likeness (QED) is 0.644. The van der Waals surface area contributed by atoms with Gasteiger partial charge in [0.1, 0.15) is 5.58 Å². The largest absolute Gasteiger partial charge is 0.423 e. The predicted octanol–water partition coefficient (Wildman–Crippen LogP) is 3.08. The van der Waals surface area contributed by atoms with Crippen LogP contribution in [0, 0.1) is 13.8 Å². The fourth-order valence-electron chi connectivity index (χ4n) is 3.12. The molecule has 2 bridgehead atoms. The van der Waals surface area contributed by atoms with E-state index in [1.807, 2.05) is 24.6 Å². The molecule has 0 aliphatic heterocycles. The summed E-state index contributed by atoms with van der Waals surface area (Å²) in [6.07, 6.45) is 3.29. The van der Waals surface area contributed by atoms with Crippen molar-refractivity contribution in [3.05, 3.63) is 57.2 Å². The minimum absolute atomic E-state index is 0.299. The van der Waals surface area contributed by atoms with Gasteiger partial charge in [-0.2, -0.15) is 5.10 Å². The summed E-state index contributed by atoms with van der Waals surface area (Å²) in [4.78, 5) is 11.5. The van der Waals surface area contributed by atoms with Crippen molar-refractivity contribution in [3.63, 3.8) is 0 Å². The molecule has 0 amide bonds. The molecule has 4 nitrogen and oxygen atoms in total. The first-order valence-electron chi connectivity index (χ1n) is 7.25. The van der Waals surface area contributed by atoms with Crippen LogP contribution in [0.1, 0.15) is 28.9 Å². The molecule has 0 saturated carbocycles. The Morgan fingerprint density at radius 2 is 1.95 bits per heavy atom. The van der Waals surface area contributed by atoms with Gasteiger partial charge in [0.2, 0.25) is 0 Å². The lowest BCUT2D eigenvalue weighted by atomic mass is 10.1. The van der Waals surface area contributed by atoms with E-state index in [0.29, 0.717) is 5.58 Å². The second kappa shape index (κ2) is 4.32. The minimum Gasteiger partial charge on any atom is -0.423 e. The number of aromatic nitrogens is 2. The SMILES string of the molecule is Cc1cc2oc(=O)cc(C)c2cc1-n1nc2cc1CCC2. The molecule has 2 aromatic heterocycles. The number of rotatable bonds is 1. The van der Waals surface area contributed by atoms with E-state index < -0.39 is 0 Å². The van der Waals surface area contributed by atoms with E-state index in [4.69, 9.17) is 9.52 Å². The average molecular weight is 280 g/mol. The minimum atomic E-state index is -0.299. The summed E-state index contributed by atoms with van der Waals surface area (Å²) in [7, 11) is 0. The third-order valence-corrected chi connectivity index (χ3v) is 4.20. The van der Waals surface area contributed by atoms with E-state index in [0.717, 1.165) is 40.7 Å². The molecule has 1 aromatic carbocycles. The molecule has 0 unspecified atom stereocenters. The summed E-state index contributed by atoms with van der Waals surface area (Å²) in [6, 6.07) is 7.73. The van der Waals surface area contributed by atoms with Gasteiger partial charge in [0.25, 0.3) is 0 Å². The van der Waals surface area contributed by atoms with Crippen LogP contribution in [0.3, 0.4) is 0 Å². The van der Waals surface area contributed by atoms with Crippen LogP contribution in [0.2, 0.25) is 0 Å². The standard InChI is InChI=1S/C17H16N2O2/c1-10-7-17(20)21-16-6-11(2)15(9-14(10)16)19-13-5-3-4-12(8-13)18-19/h6-9H,3-5H2,1-2H3. The van der Waals surface area contributed by atoms with Gasteiger partial charge in [-0.15, -0.1) is 0 Å². The van der Waals surface area contributed by atoms with E-state index in [1.165, 1.54) is 18.2 Å². The molecule has 0 spiro atoms. The van der Waals surface area contributed by atoms with Crippen molar-refractivity contribution in [3.8, 4) is 5.69 Å². The molecule has 4 heteroatoms. The smallest absolute Gasteiger partial charge is 0.336 e. The van der Waals surface area contributed by atoms with Gasteiger partial charge in [-0.1, -0.05) is 0 Å². The highest BCUT2D eigenvalue weighted by Crippen LogP contribution is 2.27. The van der Waals surface area contributed by atoms with Gasteiger partial charge >= 0.3 is 5.63 Å². The lowest BCUT2D eigenvalue weighted by Crippen LogP contribution is -2.05. The maximum absolute atomic E-state index is 11.5. The van der Waals surface area contributed by atoms with E-state index in [2.05, 4.69) is 12.1 Å². The van der Waals surface area contributed by atoms with Gasteiger partial charge in [-0.3, -0.25) is 0 Å². The van der Waals surface area contributed by atoms with Gasteiger partial charge in [0.15, 0.2) is 0 Å². The highest BCUT2D eigenvalue weighted by Gasteiger charge is 2.17. The Morgan fingerprint density at radius 3 is 2.76 bits per heavy atom. The van der Waals surface area contributed by atoms with Crippen molar-refractivity contribution in [2.45, 2.75) is 33.1 Å². The van der Waals surface area contributed by atoms with Crippen LogP contribution in [0.4, 0.5) is 0 Å². The molecule has 106 valence electrons. The van der Waals surface area contributed by atoms with Gasteiger partial charge < -0.3 is 4.42 Å². The first-order chi connectivity index (χ1) is 10.1. The second-order valence-electron chi connectivity index (χ2n) is 5.78. The van der Waals surface area contributed by atoms with Crippen LogP contribution in [0.25, 0.3) is 16.7 Å². The lowest BCUT2D eigenvalue weighted by molar-refractivity contribution is 0.559. The Labute approximate surface area is 122 Å². The van der Waals surface area contributed by atoms with E-state index in [9.17, 15) is 4.79 Å². The van der Waals surface area contributed by atoms with Crippen molar-refractivity contribution in [1.29, 1.82) is 0 Å². The number of benzene rings is 1. The molecule has 1 aliphatic carbocycles. The van der Waals surface area contributed by atoms with Crippen LogP contribution in [0.15, 0.2) is 33.5 Å². The first kappa shape index (κ1) is 12.4. The average Bonchev–Trinajstić information content (AvgIpc) is 2.72. The van der Waals surface area contributed by atoms with Crippen LogP contribution < -0.4 is 5.63 Å². The second-order valence-corrected chi connectivity index (χ2v) is 5.78. The van der Waals surface area contributed by atoms with Crippen molar-refractivity contribution >= 4 is 11.0 Å². The van der Waals surface area contributed by atoms with Gasteiger partial charge in [0, 0.05) is 17.1 Å². The van der Waals surface area contributed by atoms with Crippen molar-refractivity contribution in [1.82, 2.24) is 9.78 Å². The summed E-state index contributed by atoms with van der Waals surface area (Å²) >= 11 is 0. The fourth-order valence-corrected chi connectivity index (χ4v) is 3.12. The molecule has 2 heterocycles. The molecular formula is C17H16N2O2. The number of aryl methyl sites for hydroxylation is 4. The Morgan fingerprint density at radius 1 is 1.10 bits per heavy atom. The topological polar surface area (TPSA) is 48.0 Å². The Hall–Kier alpha value is -2.36. The molecule has 1 aliphatic rings. The van der Waals surface area contributed by atoms with Crippen molar-refractivity contribution in [2.24, 2.45) is 0 Å². The third-order valence-electron chi connectivity index (χ3n) is 4.20. The summed E-state index contributed by atoms with van der Waals surface area (Å²) in [5, 5.41) is 5.67. The summed E-state index contributed by atoms with van der Waals surface area (Å²) in [5.74, 6) is 0. The summed E-state index contributed by atoms with van der Waals surface area (Å²) in [5.41, 5.74) is 5.83. The van der Waals surface area contributed by atoms with Crippen LogP contribution >= 0.6 is 0 Å². The summed E-state index contributed by atoms with van der Waals surface area (Å²) in [6.45, 7) is 3.96. The fraction of sp³-hybridized carbons (Fsp3) is 0.294. The first-order valence-corrected chi connectivity index (χ1v) is 7.25. The Kier molecular flexibility index (Phi) is 2.55. The molecule has 21 heavy (non-hydrogen) atoms. The Bertz CT molecular complexity index is 918. The molecule has 0 fully saturated rings. The lowest BCUT2D eigenvalue weighted by Gasteiger charge is -2.11. The number of fused-ring (bicyclic) bond motifs is 3. The molecule has 4 rings (SSSR count). The number of hydrogen-bond acceptors (Lipinski definition) is 3. The third kappa shape index (κ3) is 1.90. The van der Waals surface area contributed by atoms with Crippen molar-refractivity contribution < 1.29 is 4.42 Å². The van der Waals surface area contributed by atoms with Crippen LogP contribution in [-0.2, 0) is 12.8 Å². The van der Waals surface area contributed by atoms with E-state index >= 15 is 0 Å². The maximum atomic E-state index is 11.5. The molecule has 0 saturated heterocycles. The monoisotopic (exact) mass is 280 g/mol. The highest BCUT2D eigenvalue weighted by atomic mass is 16.4. The highest BCUT2D eigenvalue weighted by molar-refractivity contribution is 5.83. The molecule has 0 radical (unpaired) electrons. The molecule has 3 aromatic rings. The van der Waals surface area contributed by atoms with Gasteiger partial charge in [0.05, 0.1) is 11.4 Å². The molecular weight excluding hydrogens is 264 g/mol. The number of hydrogen-bond donors (Lipinski definition) is 0. The maximum Gasteiger partial charge on any atom is 0.336 e. The van der Waals surface area contributed by atoms with Gasteiger partial charge in [-0.25, -0.2) is 9.48 Å². The van der Waals surface area contributed by atoms with Crippen molar-refractivity contribution in [2.75, 3.05) is 0 Å². The molecule has 0 N–H and O–H groups in total. The van der Waals surface area contributed by atoms with Crippen LogP contribution in [0.5, 0.6) is 0 Å². The normalized spacial score (nSPS) is 13.8. The Balaban J connectivity index is 2.01. The number of nitrogens with zero attached hydrogens (tertiary/aromatic N) is 2. The molecule has 0 atom stereocenters.